The Kier molecular flexibility index (Phi) is 7.86. The van der Waals surface area contributed by atoms with Crippen molar-refractivity contribution in [2.75, 3.05) is 0 Å². The molecule has 1 heterocycles. The van der Waals surface area contributed by atoms with Crippen LogP contribution < -0.4 is 5.63 Å². The second kappa shape index (κ2) is 9.39. The number of hydrogen-bond acceptors (Lipinski definition) is 3. The SMILES string of the molecule is CCC.Cc1cc(C)c(C(=O)/C=C/C2CCCCC2)c(=O)o1. The first kappa shape index (κ1) is 18.4. The minimum Gasteiger partial charge on any atom is -0.428 e. The molecule has 0 aliphatic heterocycles. The Balaban J connectivity index is 0.000000745. The van der Waals surface area contributed by atoms with Gasteiger partial charge >= 0.3 is 5.63 Å². The van der Waals surface area contributed by atoms with Crippen molar-refractivity contribution in [2.24, 2.45) is 5.92 Å². The monoisotopic (exact) mass is 304 g/mol. The van der Waals surface area contributed by atoms with Gasteiger partial charge in [-0.3, -0.25) is 4.79 Å². The van der Waals surface area contributed by atoms with E-state index < -0.39 is 5.63 Å². The van der Waals surface area contributed by atoms with Crippen molar-refractivity contribution in [1.82, 2.24) is 0 Å². The van der Waals surface area contributed by atoms with Crippen LogP contribution in [-0.2, 0) is 0 Å². The van der Waals surface area contributed by atoms with E-state index in [4.69, 9.17) is 4.42 Å². The van der Waals surface area contributed by atoms with Gasteiger partial charge < -0.3 is 4.42 Å². The van der Waals surface area contributed by atoms with E-state index in [9.17, 15) is 9.59 Å². The molecule has 2 rings (SSSR count). The number of rotatable bonds is 3. The van der Waals surface area contributed by atoms with Gasteiger partial charge in [0, 0.05) is 0 Å². The molecule has 22 heavy (non-hydrogen) atoms. The normalized spacial score (nSPS) is 15.5. The zero-order valence-electron chi connectivity index (χ0n) is 14.3. The van der Waals surface area contributed by atoms with Crippen LogP contribution in [0.2, 0.25) is 0 Å². The van der Waals surface area contributed by atoms with Crippen LogP contribution in [-0.4, -0.2) is 5.78 Å². The highest BCUT2D eigenvalue weighted by Crippen LogP contribution is 2.24. The van der Waals surface area contributed by atoms with E-state index in [0.29, 0.717) is 17.2 Å². The van der Waals surface area contributed by atoms with E-state index in [0.717, 1.165) is 12.8 Å². The van der Waals surface area contributed by atoms with Crippen molar-refractivity contribution in [1.29, 1.82) is 0 Å². The van der Waals surface area contributed by atoms with Crippen molar-refractivity contribution in [2.45, 2.75) is 66.2 Å². The van der Waals surface area contributed by atoms with E-state index in [2.05, 4.69) is 13.8 Å². The molecule has 0 amide bonds. The van der Waals surface area contributed by atoms with Crippen LogP contribution in [0.4, 0.5) is 0 Å². The fourth-order valence-electron chi connectivity index (χ4n) is 2.69. The molecule has 1 fully saturated rings. The van der Waals surface area contributed by atoms with Crippen LogP contribution in [0.5, 0.6) is 0 Å². The summed E-state index contributed by atoms with van der Waals surface area (Å²) in [6.07, 6.45) is 10.8. The minimum absolute atomic E-state index is 0.164. The fraction of sp³-hybridized carbons (Fsp3) is 0.579. The summed E-state index contributed by atoms with van der Waals surface area (Å²) in [6.45, 7) is 7.73. The molecule has 0 bridgehead atoms. The Morgan fingerprint density at radius 2 is 1.82 bits per heavy atom. The highest BCUT2D eigenvalue weighted by atomic mass is 16.4. The number of hydrogen-bond donors (Lipinski definition) is 0. The van der Waals surface area contributed by atoms with E-state index in [-0.39, 0.29) is 11.3 Å². The number of ketones is 1. The molecule has 1 aliphatic rings. The summed E-state index contributed by atoms with van der Waals surface area (Å²) in [7, 11) is 0. The lowest BCUT2D eigenvalue weighted by molar-refractivity contribution is 0.104. The Morgan fingerprint density at radius 1 is 1.23 bits per heavy atom. The first-order valence-corrected chi connectivity index (χ1v) is 8.33. The summed E-state index contributed by atoms with van der Waals surface area (Å²) in [4.78, 5) is 23.8. The van der Waals surface area contributed by atoms with Crippen molar-refractivity contribution >= 4 is 5.78 Å². The fourth-order valence-corrected chi connectivity index (χ4v) is 2.69. The molecular weight excluding hydrogens is 276 g/mol. The molecular formula is C19H28O3. The Bertz CT molecular complexity index is 561. The molecule has 0 N–H and O–H groups in total. The van der Waals surface area contributed by atoms with E-state index >= 15 is 0 Å². The molecule has 3 nitrogen and oxygen atoms in total. The molecule has 0 atom stereocenters. The number of aryl methyl sites for hydroxylation is 2. The summed E-state index contributed by atoms with van der Waals surface area (Å²) in [5.74, 6) is 0.780. The third-order valence-corrected chi connectivity index (χ3v) is 3.69. The van der Waals surface area contributed by atoms with Gasteiger partial charge in [-0.2, -0.15) is 0 Å². The molecule has 0 radical (unpaired) electrons. The van der Waals surface area contributed by atoms with Crippen LogP contribution in [0.25, 0.3) is 0 Å². The smallest absolute Gasteiger partial charge is 0.347 e. The summed E-state index contributed by atoms with van der Waals surface area (Å²) >= 11 is 0. The summed E-state index contributed by atoms with van der Waals surface area (Å²) in [5.41, 5.74) is 0.320. The van der Waals surface area contributed by atoms with Crippen LogP contribution in [0.15, 0.2) is 27.4 Å². The van der Waals surface area contributed by atoms with Crippen LogP contribution in [0, 0.1) is 19.8 Å². The van der Waals surface area contributed by atoms with Gasteiger partial charge in [0.1, 0.15) is 11.3 Å². The van der Waals surface area contributed by atoms with Gasteiger partial charge in [-0.15, -0.1) is 0 Å². The van der Waals surface area contributed by atoms with E-state index in [1.54, 1.807) is 26.0 Å². The predicted molar refractivity (Wildman–Crippen MR) is 90.5 cm³/mol. The predicted octanol–water partition coefficient (Wildman–Crippen LogP) is 4.99. The van der Waals surface area contributed by atoms with Crippen molar-refractivity contribution in [3.63, 3.8) is 0 Å². The van der Waals surface area contributed by atoms with Crippen molar-refractivity contribution in [3.8, 4) is 0 Å². The number of carbonyl (C=O) groups excluding carboxylic acids is 1. The number of carbonyl (C=O) groups is 1. The third-order valence-electron chi connectivity index (χ3n) is 3.69. The van der Waals surface area contributed by atoms with Crippen molar-refractivity contribution < 1.29 is 9.21 Å². The average molecular weight is 304 g/mol. The molecule has 0 saturated heterocycles. The molecule has 1 saturated carbocycles. The van der Waals surface area contributed by atoms with Crippen LogP contribution >= 0.6 is 0 Å². The van der Waals surface area contributed by atoms with Gasteiger partial charge in [0.2, 0.25) is 0 Å². The van der Waals surface area contributed by atoms with Crippen molar-refractivity contribution in [3.05, 3.63) is 45.5 Å². The first-order valence-electron chi connectivity index (χ1n) is 8.33. The molecule has 122 valence electrons. The second-order valence-corrected chi connectivity index (χ2v) is 6.03. The Labute approximate surface area is 133 Å². The maximum Gasteiger partial charge on any atom is 0.347 e. The van der Waals surface area contributed by atoms with Gasteiger partial charge in [-0.05, 0) is 50.3 Å². The lowest BCUT2D eigenvalue weighted by Crippen LogP contribution is -2.15. The molecule has 1 aromatic heterocycles. The Hall–Kier alpha value is -1.64. The maximum atomic E-state index is 12.1. The average Bonchev–Trinajstić information content (AvgIpc) is 2.46. The molecule has 1 aromatic rings. The van der Waals surface area contributed by atoms with Gasteiger partial charge in [-0.25, -0.2) is 4.79 Å². The van der Waals surface area contributed by atoms with Gasteiger partial charge in [-0.1, -0.05) is 45.6 Å². The second-order valence-electron chi connectivity index (χ2n) is 6.03. The lowest BCUT2D eigenvalue weighted by atomic mass is 9.88. The zero-order chi connectivity index (χ0) is 16.5. The quantitative estimate of drug-likeness (QED) is 0.583. The summed E-state index contributed by atoms with van der Waals surface area (Å²) in [5, 5.41) is 0. The van der Waals surface area contributed by atoms with Gasteiger partial charge in [0.15, 0.2) is 5.78 Å². The largest absolute Gasteiger partial charge is 0.428 e. The molecule has 3 heteroatoms. The summed E-state index contributed by atoms with van der Waals surface area (Å²) in [6, 6.07) is 1.73. The lowest BCUT2D eigenvalue weighted by Gasteiger charge is -2.17. The maximum absolute atomic E-state index is 12.1. The van der Waals surface area contributed by atoms with E-state index in [1.807, 2.05) is 6.08 Å². The van der Waals surface area contributed by atoms with Gasteiger partial charge in [0.25, 0.3) is 0 Å². The minimum atomic E-state index is -0.532. The zero-order valence-corrected chi connectivity index (χ0v) is 14.3. The molecule has 0 spiro atoms. The van der Waals surface area contributed by atoms with Crippen LogP contribution in [0.3, 0.4) is 0 Å². The topological polar surface area (TPSA) is 47.3 Å². The Morgan fingerprint density at radius 3 is 2.36 bits per heavy atom. The third kappa shape index (κ3) is 5.63. The number of allylic oxidation sites excluding steroid dienone is 2. The first-order chi connectivity index (χ1) is 10.5. The molecule has 0 unspecified atom stereocenters. The van der Waals surface area contributed by atoms with Crippen LogP contribution in [0.1, 0.15) is 74.1 Å². The highest BCUT2D eigenvalue weighted by molar-refractivity contribution is 6.05. The molecule has 0 aromatic carbocycles. The standard InChI is InChI=1S/C16H20O3.C3H8/c1-11-10-12(2)19-16(18)15(11)14(17)9-8-13-6-4-3-5-7-13;1-3-2/h8-10,13H,3-7H2,1-2H3;3H2,1-2H3/b9-8+;. The molecule has 1 aliphatic carbocycles. The van der Waals surface area contributed by atoms with E-state index in [1.165, 1.54) is 25.7 Å². The summed E-state index contributed by atoms with van der Waals surface area (Å²) < 4.78 is 4.99. The highest BCUT2D eigenvalue weighted by Gasteiger charge is 2.15. The van der Waals surface area contributed by atoms with Gasteiger partial charge in [0.05, 0.1) is 0 Å².